The Kier molecular flexibility index (Phi) is 2.68. The van der Waals surface area contributed by atoms with Crippen molar-refractivity contribution in [1.82, 2.24) is 4.57 Å². The zero-order chi connectivity index (χ0) is 9.97. The van der Waals surface area contributed by atoms with Crippen LogP contribution in [0.1, 0.15) is 0 Å². The van der Waals surface area contributed by atoms with E-state index in [4.69, 9.17) is 5.73 Å². The molecule has 2 rings (SSSR count). The van der Waals surface area contributed by atoms with Gasteiger partial charge in [0.2, 0.25) is 0 Å². The van der Waals surface area contributed by atoms with Crippen LogP contribution < -0.4 is 5.73 Å². The highest BCUT2D eigenvalue weighted by molar-refractivity contribution is 7.98. The largest absolute Gasteiger partial charge is 0.397 e. The fourth-order valence-electron chi connectivity index (χ4n) is 1.67. The molecule has 0 saturated carbocycles. The first-order chi connectivity index (χ1) is 6.83. The lowest BCUT2D eigenvalue weighted by Gasteiger charge is -2.05. The number of aromatic nitrogens is 1. The number of hydrogen-bond donors (Lipinski definition) is 1. The molecular formula is C11H14N2S. The van der Waals surface area contributed by atoms with Gasteiger partial charge in [0, 0.05) is 23.9 Å². The van der Waals surface area contributed by atoms with Gasteiger partial charge in [-0.25, -0.2) is 0 Å². The van der Waals surface area contributed by atoms with E-state index in [1.165, 1.54) is 10.9 Å². The Balaban J connectivity index is 2.45. The first-order valence-corrected chi connectivity index (χ1v) is 6.04. The third kappa shape index (κ3) is 1.60. The van der Waals surface area contributed by atoms with Gasteiger partial charge in [-0.05, 0) is 18.4 Å². The molecule has 0 saturated heterocycles. The molecule has 0 atom stereocenters. The van der Waals surface area contributed by atoms with E-state index in [1.807, 2.05) is 23.9 Å². The van der Waals surface area contributed by atoms with Gasteiger partial charge < -0.3 is 10.3 Å². The van der Waals surface area contributed by atoms with Crippen LogP contribution in [0.15, 0.2) is 30.5 Å². The molecule has 0 unspecified atom stereocenters. The first-order valence-electron chi connectivity index (χ1n) is 4.65. The minimum Gasteiger partial charge on any atom is -0.397 e. The smallest absolute Gasteiger partial charge is 0.0714 e. The molecule has 2 aromatic rings. The summed E-state index contributed by atoms with van der Waals surface area (Å²) in [5.41, 5.74) is 7.98. The maximum atomic E-state index is 5.95. The van der Waals surface area contributed by atoms with Crippen molar-refractivity contribution in [3.63, 3.8) is 0 Å². The van der Waals surface area contributed by atoms with Crippen LogP contribution in [0.5, 0.6) is 0 Å². The normalized spacial score (nSPS) is 10.9. The highest BCUT2D eigenvalue weighted by atomic mass is 32.2. The molecule has 0 amide bonds. The highest BCUT2D eigenvalue weighted by Gasteiger charge is 2.02. The van der Waals surface area contributed by atoms with Crippen molar-refractivity contribution in [3.05, 3.63) is 30.5 Å². The molecule has 1 aromatic heterocycles. The third-order valence-corrected chi connectivity index (χ3v) is 2.95. The van der Waals surface area contributed by atoms with E-state index in [9.17, 15) is 0 Å². The van der Waals surface area contributed by atoms with Crippen molar-refractivity contribution in [2.75, 3.05) is 17.7 Å². The molecule has 0 aliphatic carbocycles. The van der Waals surface area contributed by atoms with Crippen molar-refractivity contribution >= 4 is 28.4 Å². The molecule has 2 N–H and O–H groups in total. The average molecular weight is 206 g/mol. The monoisotopic (exact) mass is 206 g/mol. The SMILES string of the molecule is CSCCn1ccc2cccc(N)c21. The van der Waals surface area contributed by atoms with E-state index in [-0.39, 0.29) is 0 Å². The van der Waals surface area contributed by atoms with E-state index in [1.54, 1.807) is 0 Å². The lowest BCUT2D eigenvalue weighted by Crippen LogP contribution is -2.00. The summed E-state index contributed by atoms with van der Waals surface area (Å²) in [6, 6.07) is 8.17. The molecule has 1 aromatic carbocycles. The number of rotatable bonds is 3. The van der Waals surface area contributed by atoms with Gasteiger partial charge in [0.05, 0.1) is 11.2 Å². The summed E-state index contributed by atoms with van der Waals surface area (Å²) in [7, 11) is 0. The van der Waals surface area contributed by atoms with Crippen molar-refractivity contribution in [2.45, 2.75) is 6.54 Å². The number of hydrogen-bond acceptors (Lipinski definition) is 2. The standard InChI is InChI=1S/C11H14N2S/c1-14-8-7-13-6-5-9-3-2-4-10(12)11(9)13/h2-6H,7-8,12H2,1H3. The van der Waals surface area contributed by atoms with E-state index in [0.29, 0.717) is 0 Å². The Hall–Kier alpha value is -1.09. The number of aryl methyl sites for hydroxylation is 1. The summed E-state index contributed by atoms with van der Waals surface area (Å²) >= 11 is 1.85. The number of nitrogens with two attached hydrogens (primary N) is 1. The Bertz CT molecular complexity index is 434. The third-order valence-electron chi connectivity index (χ3n) is 2.36. The Morgan fingerprint density at radius 2 is 2.21 bits per heavy atom. The summed E-state index contributed by atoms with van der Waals surface area (Å²) in [5.74, 6) is 1.12. The number of benzene rings is 1. The number of thioether (sulfide) groups is 1. The molecule has 74 valence electrons. The molecule has 0 aliphatic heterocycles. The highest BCUT2D eigenvalue weighted by Crippen LogP contribution is 2.22. The Morgan fingerprint density at radius 1 is 1.36 bits per heavy atom. The average Bonchev–Trinajstić information content (AvgIpc) is 2.59. The minimum atomic E-state index is 0.869. The number of nitrogens with zero attached hydrogens (tertiary/aromatic N) is 1. The molecule has 3 heteroatoms. The van der Waals surface area contributed by atoms with Crippen molar-refractivity contribution in [1.29, 1.82) is 0 Å². The van der Waals surface area contributed by atoms with E-state index in [0.717, 1.165) is 18.0 Å². The van der Waals surface area contributed by atoms with Crippen LogP contribution in [0.25, 0.3) is 10.9 Å². The Morgan fingerprint density at radius 3 is 3.00 bits per heavy atom. The van der Waals surface area contributed by atoms with Gasteiger partial charge in [0.25, 0.3) is 0 Å². The van der Waals surface area contributed by atoms with Crippen molar-refractivity contribution in [2.24, 2.45) is 0 Å². The molecule has 0 radical (unpaired) electrons. The molecule has 1 heterocycles. The van der Waals surface area contributed by atoms with Crippen LogP contribution in [-0.2, 0) is 6.54 Å². The van der Waals surface area contributed by atoms with Gasteiger partial charge in [-0.3, -0.25) is 0 Å². The molecule has 14 heavy (non-hydrogen) atoms. The fourth-order valence-corrected chi connectivity index (χ4v) is 2.05. The summed E-state index contributed by atoms with van der Waals surface area (Å²) in [6.45, 7) is 1.03. The number of fused-ring (bicyclic) bond motifs is 1. The summed E-state index contributed by atoms with van der Waals surface area (Å²) in [4.78, 5) is 0. The van der Waals surface area contributed by atoms with Crippen LogP contribution in [0.2, 0.25) is 0 Å². The second-order valence-electron chi connectivity index (χ2n) is 3.29. The van der Waals surface area contributed by atoms with Crippen LogP contribution in [-0.4, -0.2) is 16.6 Å². The number of nitrogen functional groups attached to an aromatic ring is 1. The van der Waals surface area contributed by atoms with E-state index in [2.05, 4.69) is 29.2 Å². The van der Waals surface area contributed by atoms with Crippen LogP contribution in [0.3, 0.4) is 0 Å². The van der Waals surface area contributed by atoms with E-state index >= 15 is 0 Å². The lowest BCUT2D eigenvalue weighted by atomic mass is 10.2. The Labute approximate surface area is 88.1 Å². The molecule has 2 nitrogen and oxygen atoms in total. The van der Waals surface area contributed by atoms with E-state index < -0.39 is 0 Å². The number of para-hydroxylation sites is 1. The maximum Gasteiger partial charge on any atom is 0.0714 e. The zero-order valence-corrected chi connectivity index (χ0v) is 9.05. The maximum absolute atomic E-state index is 5.95. The van der Waals surface area contributed by atoms with Gasteiger partial charge in [-0.2, -0.15) is 11.8 Å². The quantitative estimate of drug-likeness (QED) is 0.782. The lowest BCUT2D eigenvalue weighted by molar-refractivity contribution is 0.809. The summed E-state index contributed by atoms with van der Waals surface area (Å²) in [5, 5.41) is 1.23. The van der Waals surface area contributed by atoms with Gasteiger partial charge >= 0.3 is 0 Å². The van der Waals surface area contributed by atoms with Gasteiger partial charge in [0.1, 0.15) is 0 Å². The topological polar surface area (TPSA) is 30.9 Å². The predicted octanol–water partition coefficient (Wildman–Crippen LogP) is 2.59. The number of anilines is 1. The predicted molar refractivity (Wildman–Crippen MR) is 64.7 cm³/mol. The minimum absolute atomic E-state index is 0.869. The van der Waals surface area contributed by atoms with Crippen LogP contribution >= 0.6 is 11.8 Å². The molecule has 0 aliphatic rings. The van der Waals surface area contributed by atoms with Crippen molar-refractivity contribution in [3.8, 4) is 0 Å². The zero-order valence-electron chi connectivity index (χ0n) is 8.23. The molecule has 0 fully saturated rings. The van der Waals surface area contributed by atoms with Gasteiger partial charge in [-0.1, -0.05) is 12.1 Å². The molecule has 0 bridgehead atoms. The second kappa shape index (κ2) is 3.96. The van der Waals surface area contributed by atoms with Gasteiger partial charge in [-0.15, -0.1) is 0 Å². The van der Waals surface area contributed by atoms with Gasteiger partial charge in [0.15, 0.2) is 0 Å². The molecular weight excluding hydrogens is 192 g/mol. The summed E-state index contributed by atoms with van der Waals surface area (Å²) in [6.07, 6.45) is 4.23. The summed E-state index contributed by atoms with van der Waals surface area (Å²) < 4.78 is 2.22. The molecule has 0 spiro atoms. The van der Waals surface area contributed by atoms with Crippen molar-refractivity contribution < 1.29 is 0 Å². The first kappa shape index (κ1) is 9.46. The van der Waals surface area contributed by atoms with Crippen LogP contribution in [0.4, 0.5) is 5.69 Å². The fraction of sp³-hybridized carbons (Fsp3) is 0.273. The van der Waals surface area contributed by atoms with Crippen LogP contribution in [0, 0.1) is 0 Å². The second-order valence-corrected chi connectivity index (χ2v) is 4.27.